The highest BCUT2D eigenvalue weighted by Gasteiger charge is 2.07. The van der Waals surface area contributed by atoms with Gasteiger partial charge in [-0.2, -0.15) is 4.39 Å². The summed E-state index contributed by atoms with van der Waals surface area (Å²) < 4.78 is 26.8. The van der Waals surface area contributed by atoms with Crippen molar-refractivity contribution in [1.29, 1.82) is 0 Å². The van der Waals surface area contributed by atoms with Crippen LogP contribution in [0.15, 0.2) is 18.2 Å². The molecule has 0 spiro atoms. The number of fused-ring (bicyclic) bond motifs is 1. The molecule has 0 saturated carbocycles. The second kappa shape index (κ2) is 2.92. The predicted octanol–water partition coefficient (Wildman–Crippen LogP) is 3.78. The first kappa shape index (κ1) is 8.37. The fourth-order valence-electron chi connectivity index (χ4n) is 1.01. The van der Waals surface area contributed by atoms with Crippen LogP contribution in [0.2, 0.25) is 0 Å². The average Bonchev–Trinajstić information content (AvgIpc) is 2.39. The summed E-state index contributed by atoms with van der Waals surface area (Å²) in [5, 5.41) is 0.497. The van der Waals surface area contributed by atoms with Crippen molar-refractivity contribution in [2.45, 2.75) is 0 Å². The molecule has 1 heterocycles. The molecule has 2 aromatic rings. The molecule has 0 saturated heterocycles. The van der Waals surface area contributed by atoms with Gasteiger partial charge in [-0.25, -0.2) is 4.39 Å². The smallest absolute Gasteiger partial charge is 0.177 e. The first-order chi connectivity index (χ1) is 5.68. The SMILES string of the molecule is Fc1cc2ccc(F)c(I)c2s1. The lowest BCUT2D eigenvalue weighted by molar-refractivity contribution is 0.623. The lowest BCUT2D eigenvalue weighted by atomic mass is 10.3. The molecule has 0 nitrogen and oxygen atoms in total. The highest BCUT2D eigenvalue weighted by Crippen LogP contribution is 2.30. The minimum absolute atomic E-state index is 0.270. The van der Waals surface area contributed by atoms with Crippen LogP contribution in [0.1, 0.15) is 0 Å². The van der Waals surface area contributed by atoms with E-state index < -0.39 is 0 Å². The van der Waals surface area contributed by atoms with Gasteiger partial charge in [0.05, 0.1) is 8.27 Å². The molecule has 0 amide bonds. The molecule has 0 fully saturated rings. The molecule has 0 aliphatic heterocycles. The van der Waals surface area contributed by atoms with Crippen LogP contribution in [0.3, 0.4) is 0 Å². The molecule has 0 radical (unpaired) electrons. The summed E-state index contributed by atoms with van der Waals surface area (Å²) in [6, 6.07) is 4.37. The van der Waals surface area contributed by atoms with Gasteiger partial charge in [0, 0.05) is 0 Å². The molecule has 0 unspecified atom stereocenters. The van der Waals surface area contributed by atoms with E-state index in [1.54, 1.807) is 6.07 Å². The summed E-state index contributed by atoms with van der Waals surface area (Å²) in [6.07, 6.45) is 0. The Labute approximate surface area is 85.3 Å². The summed E-state index contributed by atoms with van der Waals surface area (Å²) in [6.45, 7) is 0. The van der Waals surface area contributed by atoms with Crippen molar-refractivity contribution >= 4 is 44.0 Å². The Morgan fingerprint density at radius 1 is 1.25 bits per heavy atom. The molecule has 1 aromatic carbocycles. The van der Waals surface area contributed by atoms with Gasteiger partial charge < -0.3 is 0 Å². The molecular formula is C8H3F2IS. The lowest BCUT2D eigenvalue weighted by Crippen LogP contribution is -1.78. The fourth-order valence-corrected chi connectivity index (χ4v) is 2.65. The monoisotopic (exact) mass is 296 g/mol. The highest BCUT2D eigenvalue weighted by molar-refractivity contribution is 14.1. The van der Waals surface area contributed by atoms with Crippen molar-refractivity contribution in [3.05, 3.63) is 32.7 Å². The maximum Gasteiger partial charge on any atom is 0.177 e. The number of hydrogen-bond acceptors (Lipinski definition) is 1. The van der Waals surface area contributed by atoms with Gasteiger partial charge >= 0.3 is 0 Å². The summed E-state index contributed by atoms with van der Waals surface area (Å²) in [4.78, 5) is 0. The van der Waals surface area contributed by atoms with Crippen molar-refractivity contribution in [2.24, 2.45) is 0 Å². The van der Waals surface area contributed by atoms with E-state index in [4.69, 9.17) is 0 Å². The van der Waals surface area contributed by atoms with E-state index in [-0.39, 0.29) is 10.9 Å². The van der Waals surface area contributed by atoms with E-state index in [0.717, 1.165) is 16.7 Å². The Hall–Kier alpha value is -0.230. The first-order valence-electron chi connectivity index (χ1n) is 3.21. The summed E-state index contributed by atoms with van der Waals surface area (Å²) in [5.41, 5.74) is 0. The number of thiophene rings is 1. The molecule has 0 aliphatic carbocycles. The molecular weight excluding hydrogens is 293 g/mol. The second-order valence-electron chi connectivity index (χ2n) is 2.33. The Kier molecular flexibility index (Phi) is 2.04. The third kappa shape index (κ3) is 1.22. The van der Waals surface area contributed by atoms with Gasteiger partial charge in [-0.05, 0) is 40.1 Å². The Morgan fingerprint density at radius 2 is 2.00 bits per heavy atom. The molecule has 0 N–H and O–H groups in total. The van der Waals surface area contributed by atoms with Crippen LogP contribution < -0.4 is 0 Å². The van der Waals surface area contributed by atoms with Gasteiger partial charge in [-0.3, -0.25) is 0 Å². The van der Waals surface area contributed by atoms with Crippen molar-refractivity contribution in [3.8, 4) is 0 Å². The molecule has 2 rings (SSSR count). The zero-order valence-corrected chi connectivity index (χ0v) is 8.75. The zero-order chi connectivity index (χ0) is 8.72. The molecule has 0 aliphatic rings. The number of rotatable bonds is 0. The average molecular weight is 296 g/mol. The fraction of sp³-hybridized carbons (Fsp3) is 0. The van der Waals surface area contributed by atoms with Crippen LogP contribution in [0.25, 0.3) is 10.1 Å². The van der Waals surface area contributed by atoms with Crippen molar-refractivity contribution in [1.82, 2.24) is 0 Å². The van der Waals surface area contributed by atoms with E-state index in [9.17, 15) is 8.78 Å². The second-order valence-corrected chi connectivity index (χ2v) is 4.41. The lowest BCUT2D eigenvalue weighted by Gasteiger charge is -1.93. The van der Waals surface area contributed by atoms with Gasteiger partial charge in [0.15, 0.2) is 5.13 Å². The zero-order valence-electron chi connectivity index (χ0n) is 5.77. The summed E-state index contributed by atoms with van der Waals surface area (Å²) in [7, 11) is 0. The standard InChI is InChI=1S/C8H3F2IS/c9-5-2-1-4-3-6(10)12-8(4)7(5)11/h1-3H. The largest absolute Gasteiger partial charge is 0.206 e. The molecule has 0 bridgehead atoms. The minimum Gasteiger partial charge on any atom is -0.206 e. The van der Waals surface area contributed by atoms with E-state index in [0.29, 0.717) is 8.27 Å². The summed E-state index contributed by atoms with van der Waals surface area (Å²) in [5.74, 6) is -0.287. The predicted molar refractivity (Wildman–Crippen MR) is 54.5 cm³/mol. The maximum absolute atomic E-state index is 12.9. The van der Waals surface area contributed by atoms with Gasteiger partial charge in [0.2, 0.25) is 0 Å². The van der Waals surface area contributed by atoms with E-state index in [2.05, 4.69) is 0 Å². The van der Waals surface area contributed by atoms with Gasteiger partial charge in [0.25, 0.3) is 0 Å². The van der Waals surface area contributed by atoms with E-state index >= 15 is 0 Å². The van der Waals surface area contributed by atoms with Crippen LogP contribution in [0, 0.1) is 14.5 Å². The Balaban J connectivity index is 2.89. The molecule has 4 heteroatoms. The van der Waals surface area contributed by atoms with Crippen LogP contribution in [0.5, 0.6) is 0 Å². The Bertz CT molecular complexity index is 436. The molecule has 1 aromatic heterocycles. The van der Waals surface area contributed by atoms with Gasteiger partial charge in [-0.15, -0.1) is 11.3 Å². The normalized spacial score (nSPS) is 10.9. The van der Waals surface area contributed by atoms with Crippen LogP contribution in [0.4, 0.5) is 8.78 Å². The van der Waals surface area contributed by atoms with Crippen molar-refractivity contribution < 1.29 is 8.78 Å². The van der Waals surface area contributed by atoms with E-state index in [1.165, 1.54) is 12.1 Å². The third-order valence-corrected chi connectivity index (χ3v) is 3.93. The number of halogens is 3. The van der Waals surface area contributed by atoms with Crippen LogP contribution >= 0.6 is 33.9 Å². The van der Waals surface area contributed by atoms with Crippen LogP contribution in [-0.2, 0) is 0 Å². The number of benzene rings is 1. The summed E-state index contributed by atoms with van der Waals surface area (Å²) >= 11 is 2.86. The topological polar surface area (TPSA) is 0 Å². The van der Waals surface area contributed by atoms with Gasteiger partial charge in [0.1, 0.15) is 5.82 Å². The Morgan fingerprint density at radius 3 is 2.75 bits per heavy atom. The molecule has 62 valence electrons. The quantitative estimate of drug-likeness (QED) is 0.649. The molecule has 0 atom stereocenters. The first-order valence-corrected chi connectivity index (χ1v) is 5.11. The van der Waals surface area contributed by atoms with Gasteiger partial charge in [-0.1, -0.05) is 6.07 Å². The van der Waals surface area contributed by atoms with Crippen LogP contribution in [-0.4, -0.2) is 0 Å². The van der Waals surface area contributed by atoms with Crippen molar-refractivity contribution in [2.75, 3.05) is 0 Å². The third-order valence-electron chi connectivity index (χ3n) is 1.55. The minimum atomic E-state index is -0.287. The van der Waals surface area contributed by atoms with E-state index in [1.807, 2.05) is 22.6 Å². The highest BCUT2D eigenvalue weighted by atomic mass is 127. The van der Waals surface area contributed by atoms with Crippen molar-refractivity contribution in [3.63, 3.8) is 0 Å². The molecule has 12 heavy (non-hydrogen) atoms. The number of hydrogen-bond donors (Lipinski definition) is 0. The maximum atomic E-state index is 12.9.